The number of hydrogen-bond acceptors (Lipinski definition) is 8. The minimum atomic E-state index is -0.509. The summed E-state index contributed by atoms with van der Waals surface area (Å²) in [4.78, 5) is 22.0. The van der Waals surface area contributed by atoms with E-state index in [9.17, 15) is 4.79 Å². The number of anilines is 2. The number of primary amides is 1. The molecule has 0 radical (unpaired) electrons. The number of nitrogens with one attached hydrogen (secondary N) is 1. The van der Waals surface area contributed by atoms with E-state index in [4.69, 9.17) is 19.9 Å². The lowest BCUT2D eigenvalue weighted by molar-refractivity contribution is -0.126. The van der Waals surface area contributed by atoms with Crippen molar-refractivity contribution in [2.75, 3.05) is 44.1 Å². The average Bonchev–Trinajstić information content (AvgIpc) is 3.30. The highest BCUT2D eigenvalue weighted by Crippen LogP contribution is 2.30. The number of benzene rings is 1. The normalized spacial score (nSPS) is 25.6. The van der Waals surface area contributed by atoms with Gasteiger partial charge in [-0.2, -0.15) is 0 Å². The largest absolute Gasteiger partial charge is 0.378 e. The molecule has 4 atom stereocenters. The van der Waals surface area contributed by atoms with Crippen LogP contribution in [0.5, 0.6) is 0 Å². The molecule has 9 heteroatoms. The Morgan fingerprint density at radius 1 is 1.21 bits per heavy atom. The first-order valence-electron chi connectivity index (χ1n) is 9.52. The summed E-state index contributed by atoms with van der Waals surface area (Å²) in [6, 6.07) is 9.96. The summed E-state index contributed by atoms with van der Waals surface area (Å²) in [6.07, 6.45) is 0.987. The van der Waals surface area contributed by atoms with Crippen LogP contribution in [-0.2, 0) is 19.0 Å². The van der Waals surface area contributed by atoms with E-state index in [2.05, 4.69) is 32.3 Å². The molecule has 4 rings (SSSR count). The molecule has 29 heavy (non-hydrogen) atoms. The summed E-state index contributed by atoms with van der Waals surface area (Å²) in [5.41, 5.74) is 8.12. The molecule has 3 N–H and O–H groups in total. The van der Waals surface area contributed by atoms with Gasteiger partial charge in [0.15, 0.2) is 0 Å². The van der Waals surface area contributed by atoms with Crippen molar-refractivity contribution in [3.05, 3.63) is 36.5 Å². The third-order valence-electron chi connectivity index (χ3n) is 5.10. The maximum Gasteiger partial charge on any atom is 0.243 e. The molecule has 2 aliphatic heterocycles. The van der Waals surface area contributed by atoms with Crippen LogP contribution >= 0.6 is 0 Å². The van der Waals surface area contributed by atoms with Crippen LogP contribution in [0.2, 0.25) is 0 Å². The summed E-state index contributed by atoms with van der Waals surface area (Å²) in [5.74, 6) is 0.00323. The number of nitrogens with two attached hydrogens (primary N) is 1. The molecule has 2 fully saturated rings. The first-order chi connectivity index (χ1) is 14.0. The highest BCUT2D eigenvalue weighted by molar-refractivity contribution is 5.75. The first-order valence-corrected chi connectivity index (χ1v) is 9.52. The molecule has 0 aliphatic carbocycles. The van der Waals surface area contributed by atoms with Gasteiger partial charge in [0, 0.05) is 31.5 Å². The van der Waals surface area contributed by atoms with Gasteiger partial charge >= 0.3 is 0 Å². The van der Waals surface area contributed by atoms with Crippen molar-refractivity contribution in [3.63, 3.8) is 0 Å². The van der Waals surface area contributed by atoms with Gasteiger partial charge in [-0.3, -0.25) is 4.79 Å². The van der Waals surface area contributed by atoms with E-state index in [0.29, 0.717) is 19.2 Å². The number of rotatable bonds is 7. The quantitative estimate of drug-likeness (QED) is 0.698. The number of carbonyl (C=O) groups excluding carboxylic acids is 1. The predicted octanol–water partition coefficient (Wildman–Crippen LogP) is 0.658. The molecule has 2 saturated heterocycles. The Hall–Kier alpha value is -2.75. The molecule has 1 aromatic heterocycles. The van der Waals surface area contributed by atoms with Crippen molar-refractivity contribution >= 4 is 17.5 Å². The van der Waals surface area contributed by atoms with Crippen LogP contribution in [0.15, 0.2) is 36.5 Å². The summed E-state index contributed by atoms with van der Waals surface area (Å²) >= 11 is 0. The van der Waals surface area contributed by atoms with Gasteiger partial charge in [0.1, 0.15) is 24.9 Å². The van der Waals surface area contributed by atoms with Gasteiger partial charge < -0.3 is 30.2 Å². The number of aromatic nitrogens is 2. The molecule has 0 unspecified atom stereocenters. The lowest BCUT2D eigenvalue weighted by Crippen LogP contribution is -2.37. The number of amides is 1. The highest BCUT2D eigenvalue weighted by atomic mass is 16.6. The summed E-state index contributed by atoms with van der Waals surface area (Å²) in [7, 11) is 4.01. The standard InChI is InChI=1S/C20H25N5O4/c1-25(2)13-5-3-12(4-6-13)14-7-8-22-20(23-14)24-15-9-28-19-16(10-29-18(15)19)27-11-17(21)26/h3-8,15-16,18-19H,9-11H2,1-2H3,(H2,21,26)(H,22,23,24)/t15-,16+,18+,19+/m0/s1. The number of hydrogen-bond donors (Lipinski definition) is 2. The smallest absolute Gasteiger partial charge is 0.243 e. The molecule has 0 saturated carbocycles. The average molecular weight is 399 g/mol. The second-order valence-electron chi connectivity index (χ2n) is 7.37. The molecule has 154 valence electrons. The molecule has 2 aromatic rings. The lowest BCUT2D eigenvalue weighted by Gasteiger charge is -2.18. The predicted molar refractivity (Wildman–Crippen MR) is 108 cm³/mol. The third-order valence-corrected chi connectivity index (χ3v) is 5.10. The van der Waals surface area contributed by atoms with Crippen molar-refractivity contribution in [2.24, 2.45) is 5.73 Å². The fraction of sp³-hybridized carbons (Fsp3) is 0.450. The van der Waals surface area contributed by atoms with E-state index in [1.807, 2.05) is 32.3 Å². The van der Waals surface area contributed by atoms with Crippen molar-refractivity contribution in [3.8, 4) is 11.3 Å². The van der Waals surface area contributed by atoms with E-state index < -0.39 is 5.91 Å². The van der Waals surface area contributed by atoms with Crippen LogP contribution in [0.4, 0.5) is 11.6 Å². The Morgan fingerprint density at radius 2 is 1.97 bits per heavy atom. The zero-order valence-corrected chi connectivity index (χ0v) is 16.4. The molecular formula is C20H25N5O4. The number of fused-ring (bicyclic) bond motifs is 1. The highest BCUT2D eigenvalue weighted by Gasteiger charge is 2.48. The van der Waals surface area contributed by atoms with E-state index in [1.165, 1.54) is 0 Å². The van der Waals surface area contributed by atoms with E-state index in [-0.39, 0.29) is 31.0 Å². The Bertz CT molecular complexity index is 860. The van der Waals surface area contributed by atoms with Gasteiger partial charge in [0.25, 0.3) is 0 Å². The monoisotopic (exact) mass is 399 g/mol. The summed E-state index contributed by atoms with van der Waals surface area (Å²) in [6.45, 7) is 0.660. The van der Waals surface area contributed by atoms with Gasteiger partial charge in [-0.15, -0.1) is 0 Å². The molecule has 1 amide bonds. The van der Waals surface area contributed by atoms with Crippen molar-refractivity contribution in [1.29, 1.82) is 0 Å². The molecule has 2 aliphatic rings. The number of ether oxygens (including phenoxy) is 3. The van der Waals surface area contributed by atoms with Crippen LogP contribution in [0, 0.1) is 0 Å². The molecule has 1 aromatic carbocycles. The first kappa shape index (κ1) is 19.6. The maximum atomic E-state index is 10.9. The Morgan fingerprint density at radius 3 is 2.69 bits per heavy atom. The minimum Gasteiger partial charge on any atom is -0.378 e. The minimum absolute atomic E-state index is 0.103. The van der Waals surface area contributed by atoms with Gasteiger partial charge in [-0.1, -0.05) is 12.1 Å². The van der Waals surface area contributed by atoms with Crippen LogP contribution in [0.25, 0.3) is 11.3 Å². The van der Waals surface area contributed by atoms with Gasteiger partial charge in [-0.05, 0) is 18.2 Å². The van der Waals surface area contributed by atoms with E-state index in [0.717, 1.165) is 16.9 Å². The SMILES string of the molecule is CN(C)c1ccc(-c2ccnc(N[C@H]3CO[C@H]4[C@@H]3OC[C@H]4OCC(N)=O)n2)cc1. The van der Waals surface area contributed by atoms with Crippen LogP contribution in [0.3, 0.4) is 0 Å². The second-order valence-corrected chi connectivity index (χ2v) is 7.37. The van der Waals surface area contributed by atoms with Crippen molar-refractivity contribution in [1.82, 2.24) is 9.97 Å². The maximum absolute atomic E-state index is 10.9. The van der Waals surface area contributed by atoms with E-state index in [1.54, 1.807) is 6.20 Å². The zero-order chi connectivity index (χ0) is 20.4. The molecule has 3 heterocycles. The van der Waals surface area contributed by atoms with Crippen molar-refractivity contribution in [2.45, 2.75) is 24.4 Å². The molecule has 0 spiro atoms. The van der Waals surface area contributed by atoms with Crippen LogP contribution < -0.4 is 16.0 Å². The molecular weight excluding hydrogens is 374 g/mol. The summed E-state index contributed by atoms with van der Waals surface area (Å²) in [5, 5.41) is 3.31. The summed E-state index contributed by atoms with van der Waals surface area (Å²) < 4.78 is 17.2. The molecule has 0 bridgehead atoms. The van der Waals surface area contributed by atoms with E-state index >= 15 is 0 Å². The van der Waals surface area contributed by atoms with Gasteiger partial charge in [0.05, 0.1) is 24.9 Å². The van der Waals surface area contributed by atoms with Gasteiger partial charge in [0.2, 0.25) is 11.9 Å². The Kier molecular flexibility index (Phi) is 5.61. The second kappa shape index (κ2) is 8.32. The van der Waals surface area contributed by atoms with Crippen LogP contribution in [0.1, 0.15) is 0 Å². The number of carbonyl (C=O) groups is 1. The van der Waals surface area contributed by atoms with Crippen molar-refractivity contribution < 1.29 is 19.0 Å². The Labute approximate surface area is 169 Å². The van der Waals surface area contributed by atoms with Gasteiger partial charge in [-0.25, -0.2) is 9.97 Å². The fourth-order valence-corrected chi connectivity index (χ4v) is 3.61. The van der Waals surface area contributed by atoms with Crippen LogP contribution in [-0.4, -0.2) is 74.1 Å². The Balaban J connectivity index is 1.42. The zero-order valence-electron chi connectivity index (χ0n) is 16.4. The topological polar surface area (TPSA) is 112 Å². The molecule has 9 nitrogen and oxygen atoms in total. The number of nitrogens with zero attached hydrogens (tertiary/aromatic N) is 3. The third kappa shape index (κ3) is 4.31. The fourth-order valence-electron chi connectivity index (χ4n) is 3.61. The lowest BCUT2D eigenvalue weighted by atomic mass is 10.1.